The summed E-state index contributed by atoms with van der Waals surface area (Å²) in [5.41, 5.74) is 3.72. The van der Waals surface area contributed by atoms with Crippen molar-refractivity contribution in [2.75, 3.05) is 7.05 Å². The molecule has 0 bridgehead atoms. The van der Waals surface area contributed by atoms with Gasteiger partial charge in [-0.3, -0.25) is 0 Å². The van der Waals surface area contributed by atoms with Crippen molar-refractivity contribution in [1.82, 2.24) is 5.32 Å². The van der Waals surface area contributed by atoms with Crippen molar-refractivity contribution >= 4 is 22.6 Å². The van der Waals surface area contributed by atoms with Crippen molar-refractivity contribution in [3.05, 3.63) is 68.5 Å². The van der Waals surface area contributed by atoms with Crippen LogP contribution in [0.2, 0.25) is 0 Å². The molecule has 1 N–H and O–H groups in total. The van der Waals surface area contributed by atoms with Gasteiger partial charge in [-0.05, 0) is 71.8 Å². The minimum Gasteiger partial charge on any atom is -0.313 e. The fraction of sp³-hybridized carbons (Fsp3) is 0.250. The number of benzene rings is 2. The topological polar surface area (TPSA) is 12.0 Å². The molecule has 1 unspecified atom stereocenters. The molecular weight excluding hydrogens is 352 g/mol. The Morgan fingerprint density at radius 3 is 2.47 bits per heavy atom. The van der Waals surface area contributed by atoms with Gasteiger partial charge in [0, 0.05) is 9.61 Å². The molecule has 0 spiro atoms. The molecule has 0 heterocycles. The van der Waals surface area contributed by atoms with E-state index in [0.717, 1.165) is 12.0 Å². The molecule has 0 aliphatic rings. The van der Waals surface area contributed by atoms with Gasteiger partial charge in [0.2, 0.25) is 0 Å². The van der Waals surface area contributed by atoms with Gasteiger partial charge in [-0.1, -0.05) is 30.3 Å². The van der Waals surface area contributed by atoms with E-state index in [-0.39, 0.29) is 11.9 Å². The van der Waals surface area contributed by atoms with Crippen LogP contribution in [0.25, 0.3) is 0 Å². The Kier molecular flexibility index (Phi) is 4.93. The van der Waals surface area contributed by atoms with E-state index in [4.69, 9.17) is 0 Å². The van der Waals surface area contributed by atoms with Gasteiger partial charge >= 0.3 is 0 Å². The summed E-state index contributed by atoms with van der Waals surface area (Å²) in [7, 11) is 1.96. The van der Waals surface area contributed by atoms with Crippen LogP contribution >= 0.6 is 22.6 Å². The first-order valence-corrected chi connectivity index (χ1v) is 7.36. The Labute approximate surface area is 127 Å². The average molecular weight is 369 g/mol. The number of aryl methyl sites for hydroxylation is 1. The van der Waals surface area contributed by atoms with E-state index in [1.807, 2.05) is 19.2 Å². The first kappa shape index (κ1) is 14.5. The minimum absolute atomic E-state index is 0.185. The third-order valence-electron chi connectivity index (χ3n) is 3.30. The quantitative estimate of drug-likeness (QED) is 0.795. The van der Waals surface area contributed by atoms with Crippen LogP contribution < -0.4 is 5.32 Å². The van der Waals surface area contributed by atoms with E-state index in [1.54, 1.807) is 0 Å². The van der Waals surface area contributed by atoms with Crippen molar-refractivity contribution in [3.63, 3.8) is 0 Å². The molecule has 3 heteroatoms. The van der Waals surface area contributed by atoms with Crippen molar-refractivity contribution < 1.29 is 4.39 Å². The molecular formula is C16H17FIN. The third-order valence-corrected chi connectivity index (χ3v) is 4.77. The van der Waals surface area contributed by atoms with Crippen molar-refractivity contribution in [2.24, 2.45) is 0 Å². The van der Waals surface area contributed by atoms with E-state index in [0.29, 0.717) is 0 Å². The van der Waals surface area contributed by atoms with E-state index in [2.05, 4.69) is 53.0 Å². The number of hydrogen-bond donors (Lipinski definition) is 1. The molecule has 0 radical (unpaired) electrons. The molecule has 0 aliphatic heterocycles. The second kappa shape index (κ2) is 6.48. The van der Waals surface area contributed by atoms with Crippen LogP contribution in [0.5, 0.6) is 0 Å². The van der Waals surface area contributed by atoms with Crippen LogP contribution in [0.4, 0.5) is 4.39 Å². The first-order valence-electron chi connectivity index (χ1n) is 6.28. The van der Waals surface area contributed by atoms with Gasteiger partial charge in [-0.25, -0.2) is 4.39 Å². The second-order valence-corrected chi connectivity index (χ2v) is 5.73. The van der Waals surface area contributed by atoms with Crippen LogP contribution in [0.1, 0.15) is 22.7 Å². The van der Waals surface area contributed by atoms with Crippen LogP contribution in [0, 0.1) is 16.3 Å². The van der Waals surface area contributed by atoms with Gasteiger partial charge < -0.3 is 5.32 Å². The van der Waals surface area contributed by atoms with Gasteiger partial charge in [0.15, 0.2) is 0 Å². The molecule has 0 amide bonds. The molecule has 100 valence electrons. The molecule has 0 aliphatic carbocycles. The Morgan fingerprint density at radius 1 is 1.16 bits per heavy atom. The Hall–Kier alpha value is -0.940. The molecule has 1 atom stereocenters. The second-order valence-electron chi connectivity index (χ2n) is 4.65. The average Bonchev–Trinajstić information content (AvgIpc) is 2.42. The number of likely N-dealkylation sites (N-methyl/N-ethyl adjacent to an activating group) is 1. The van der Waals surface area contributed by atoms with E-state index < -0.39 is 0 Å². The lowest BCUT2D eigenvalue weighted by Crippen LogP contribution is -2.20. The summed E-state index contributed by atoms with van der Waals surface area (Å²) in [5, 5.41) is 3.35. The zero-order valence-corrected chi connectivity index (χ0v) is 13.2. The summed E-state index contributed by atoms with van der Waals surface area (Å²) >= 11 is 2.39. The lowest BCUT2D eigenvalue weighted by Gasteiger charge is -2.19. The fourth-order valence-electron chi connectivity index (χ4n) is 2.16. The lowest BCUT2D eigenvalue weighted by molar-refractivity contribution is 0.586. The predicted octanol–water partition coefficient (Wildman–Crippen LogP) is 4.24. The maximum Gasteiger partial charge on any atom is 0.123 e. The summed E-state index contributed by atoms with van der Waals surface area (Å²) < 4.78 is 14.2. The first-order chi connectivity index (χ1) is 9.11. The minimum atomic E-state index is -0.185. The highest BCUT2D eigenvalue weighted by molar-refractivity contribution is 14.1. The normalized spacial score (nSPS) is 12.4. The van der Waals surface area contributed by atoms with Crippen molar-refractivity contribution in [1.29, 1.82) is 0 Å². The molecule has 2 rings (SSSR count). The van der Waals surface area contributed by atoms with Gasteiger partial charge in [0.05, 0.1) is 0 Å². The zero-order valence-electron chi connectivity index (χ0n) is 11.1. The summed E-state index contributed by atoms with van der Waals surface area (Å²) in [6, 6.07) is 13.3. The molecule has 2 aromatic carbocycles. The fourth-order valence-corrected chi connectivity index (χ4v) is 2.90. The highest BCUT2D eigenvalue weighted by Crippen LogP contribution is 2.25. The van der Waals surface area contributed by atoms with Crippen molar-refractivity contribution in [2.45, 2.75) is 19.4 Å². The Balaban J connectivity index is 2.25. The predicted molar refractivity (Wildman–Crippen MR) is 85.8 cm³/mol. The van der Waals surface area contributed by atoms with E-state index in [1.165, 1.54) is 26.8 Å². The molecule has 0 fully saturated rings. The Bertz CT molecular complexity index is 551. The summed E-state index contributed by atoms with van der Waals surface area (Å²) in [6.07, 6.45) is 0.857. The Morgan fingerprint density at radius 2 is 1.84 bits per heavy atom. The molecule has 0 saturated carbocycles. The van der Waals surface area contributed by atoms with Gasteiger partial charge in [0.1, 0.15) is 5.82 Å². The smallest absolute Gasteiger partial charge is 0.123 e. The van der Waals surface area contributed by atoms with Gasteiger partial charge in [-0.15, -0.1) is 0 Å². The highest BCUT2D eigenvalue weighted by Gasteiger charge is 2.14. The molecule has 2 aromatic rings. The van der Waals surface area contributed by atoms with E-state index in [9.17, 15) is 4.39 Å². The van der Waals surface area contributed by atoms with Crippen LogP contribution in [0.3, 0.4) is 0 Å². The molecule has 1 nitrogen and oxygen atoms in total. The SMILES string of the molecule is CNC(Cc1ccc(F)cc1)c1cccc(C)c1I. The monoisotopic (exact) mass is 369 g/mol. The summed E-state index contributed by atoms with van der Waals surface area (Å²) in [5.74, 6) is -0.185. The van der Waals surface area contributed by atoms with Crippen molar-refractivity contribution in [3.8, 4) is 0 Å². The zero-order chi connectivity index (χ0) is 13.8. The van der Waals surface area contributed by atoms with Crippen LogP contribution in [-0.2, 0) is 6.42 Å². The van der Waals surface area contributed by atoms with Gasteiger partial charge in [0.25, 0.3) is 0 Å². The molecule has 19 heavy (non-hydrogen) atoms. The number of hydrogen-bond acceptors (Lipinski definition) is 1. The lowest BCUT2D eigenvalue weighted by atomic mass is 9.98. The van der Waals surface area contributed by atoms with Crippen LogP contribution in [-0.4, -0.2) is 7.05 Å². The third kappa shape index (κ3) is 3.54. The standard InChI is InChI=1S/C16H17FIN/c1-11-4-3-5-14(16(11)18)15(19-2)10-12-6-8-13(17)9-7-12/h3-9,15,19H,10H2,1-2H3. The highest BCUT2D eigenvalue weighted by atomic mass is 127. The number of nitrogens with one attached hydrogen (secondary N) is 1. The largest absolute Gasteiger partial charge is 0.313 e. The summed E-state index contributed by atoms with van der Waals surface area (Å²) in [4.78, 5) is 0. The maximum atomic E-state index is 12.9. The van der Waals surface area contributed by atoms with Gasteiger partial charge in [-0.2, -0.15) is 0 Å². The molecule has 0 saturated heterocycles. The number of rotatable bonds is 4. The summed E-state index contributed by atoms with van der Waals surface area (Å²) in [6.45, 7) is 2.12. The maximum absolute atomic E-state index is 12.9. The number of halogens is 2. The van der Waals surface area contributed by atoms with Crippen LogP contribution in [0.15, 0.2) is 42.5 Å². The van der Waals surface area contributed by atoms with E-state index >= 15 is 0 Å². The molecule has 0 aromatic heterocycles.